The number of hydrogen-bond acceptors (Lipinski definition) is 9. The maximum absolute atomic E-state index is 11.7. The van der Waals surface area contributed by atoms with Crippen LogP contribution in [0.15, 0.2) is 97.6 Å². The van der Waals surface area contributed by atoms with Crippen molar-refractivity contribution < 1.29 is 19.0 Å². The lowest BCUT2D eigenvalue weighted by molar-refractivity contribution is 0.0528. The highest BCUT2D eigenvalue weighted by molar-refractivity contribution is 5.67. The third-order valence-corrected chi connectivity index (χ3v) is 9.33. The molecule has 2 aromatic heterocycles. The van der Waals surface area contributed by atoms with Crippen molar-refractivity contribution in [3.63, 3.8) is 0 Å². The number of amides is 1. The van der Waals surface area contributed by atoms with Crippen molar-refractivity contribution in [2.24, 2.45) is 17.6 Å². The molecule has 10 heteroatoms. The van der Waals surface area contributed by atoms with Crippen LogP contribution in [0, 0.1) is 11.8 Å². The van der Waals surface area contributed by atoms with Crippen molar-refractivity contribution in [1.29, 1.82) is 0 Å². The highest BCUT2D eigenvalue weighted by atomic mass is 16.6. The Kier molecular flexibility index (Phi) is 15.5. The second kappa shape index (κ2) is 20.7. The van der Waals surface area contributed by atoms with E-state index >= 15 is 0 Å². The van der Waals surface area contributed by atoms with Gasteiger partial charge in [-0.05, 0) is 125 Å². The number of nitrogens with zero attached hydrogens (tertiary/aromatic N) is 4. The van der Waals surface area contributed by atoms with Crippen LogP contribution >= 0.6 is 0 Å². The number of carbonyl (C=O) groups is 1. The minimum absolute atomic E-state index is 0.378. The van der Waals surface area contributed by atoms with Crippen molar-refractivity contribution >= 4 is 6.09 Å². The number of pyridine rings is 2. The van der Waals surface area contributed by atoms with Gasteiger partial charge in [0.25, 0.3) is 0 Å². The monoisotopic (exact) mass is 722 g/mol. The van der Waals surface area contributed by atoms with Gasteiger partial charge in [-0.15, -0.1) is 0 Å². The average Bonchev–Trinajstić information content (AvgIpc) is 3.80. The fourth-order valence-electron chi connectivity index (χ4n) is 6.61. The molecule has 0 unspecified atom stereocenters. The lowest BCUT2D eigenvalue weighted by Gasteiger charge is -2.19. The molecule has 2 saturated heterocycles. The molecular weight excluding hydrogens is 665 g/mol. The summed E-state index contributed by atoms with van der Waals surface area (Å²) < 4.78 is 17.2. The zero-order chi connectivity index (χ0) is 37.3. The van der Waals surface area contributed by atoms with Crippen LogP contribution in [-0.2, 0) is 30.7 Å². The van der Waals surface area contributed by atoms with Crippen LogP contribution in [0.1, 0.15) is 55.9 Å². The van der Waals surface area contributed by atoms with Gasteiger partial charge in [0.1, 0.15) is 17.1 Å². The molecule has 2 aromatic carbocycles. The summed E-state index contributed by atoms with van der Waals surface area (Å²) in [5, 5.41) is 2.79. The highest BCUT2D eigenvalue weighted by Crippen LogP contribution is 2.22. The van der Waals surface area contributed by atoms with Crippen LogP contribution in [0.4, 0.5) is 4.79 Å². The van der Waals surface area contributed by atoms with Gasteiger partial charge < -0.3 is 25.3 Å². The van der Waals surface area contributed by atoms with Crippen LogP contribution in [0.3, 0.4) is 0 Å². The molecule has 0 aliphatic carbocycles. The van der Waals surface area contributed by atoms with Crippen molar-refractivity contribution in [2.45, 2.75) is 65.1 Å². The summed E-state index contributed by atoms with van der Waals surface area (Å²) in [4.78, 5) is 25.0. The molecular formula is C43H58N6O4. The third-order valence-electron chi connectivity index (χ3n) is 9.33. The van der Waals surface area contributed by atoms with E-state index in [-0.39, 0.29) is 6.09 Å². The summed E-state index contributed by atoms with van der Waals surface area (Å²) in [6, 6.07) is 24.7. The summed E-state index contributed by atoms with van der Waals surface area (Å²) in [7, 11) is 0. The van der Waals surface area contributed by atoms with E-state index < -0.39 is 5.60 Å². The molecule has 4 aromatic rings. The largest absolute Gasteiger partial charge is 0.493 e. The molecule has 2 aliphatic rings. The van der Waals surface area contributed by atoms with Gasteiger partial charge in [0.15, 0.2) is 0 Å². The molecule has 4 heterocycles. The molecule has 53 heavy (non-hydrogen) atoms. The first-order valence-corrected chi connectivity index (χ1v) is 19.0. The Labute approximate surface area is 316 Å². The summed E-state index contributed by atoms with van der Waals surface area (Å²) in [6.45, 7) is 14.7. The quantitative estimate of drug-likeness (QED) is 0.141. The zero-order valence-corrected chi connectivity index (χ0v) is 31.8. The number of alkyl carbamates (subject to hydrolysis) is 1. The Morgan fingerprint density at radius 1 is 0.736 bits per heavy atom. The molecule has 1 amide bonds. The van der Waals surface area contributed by atoms with Gasteiger partial charge in [-0.3, -0.25) is 19.8 Å². The number of benzene rings is 2. The standard InChI is InChI=1S/C24H33N3O3.C19H25N3O/c1-24(2,3)30-23(28)26-13-10-19-6-8-22(9-7-19)29-18-21-11-14-27(17-21)16-20-5-4-12-25-15-20;20-9-7-16-3-5-19(6-4-16)23-15-18-8-11-22(14-18)13-17-2-1-10-21-12-17/h4-9,12,15,21H,10-11,13-14,16-18H2,1-3H3,(H,26,28);1-6,10,12,18H,7-9,11,13-15,20H2/t21-;18-/m11/s1. The number of nitrogens with two attached hydrogens (primary N) is 1. The maximum Gasteiger partial charge on any atom is 0.407 e. The van der Waals surface area contributed by atoms with Crippen molar-refractivity contribution in [3.05, 3.63) is 120 Å². The van der Waals surface area contributed by atoms with Crippen LogP contribution in [0.2, 0.25) is 0 Å². The summed E-state index contributed by atoms with van der Waals surface area (Å²) in [5.41, 5.74) is 10.1. The zero-order valence-electron chi connectivity index (χ0n) is 31.8. The highest BCUT2D eigenvalue weighted by Gasteiger charge is 2.24. The van der Waals surface area contributed by atoms with Gasteiger partial charge in [-0.2, -0.15) is 0 Å². The Morgan fingerprint density at radius 3 is 1.66 bits per heavy atom. The molecule has 10 nitrogen and oxygen atoms in total. The van der Waals surface area contributed by atoms with Crippen molar-refractivity contribution in [3.8, 4) is 11.5 Å². The summed E-state index contributed by atoms with van der Waals surface area (Å²) in [5.74, 6) is 3.01. The average molecular weight is 723 g/mol. The molecule has 0 saturated carbocycles. The van der Waals surface area contributed by atoms with Crippen molar-refractivity contribution in [1.82, 2.24) is 25.1 Å². The first-order valence-electron chi connectivity index (χ1n) is 19.0. The second-order valence-corrected chi connectivity index (χ2v) is 15.1. The third kappa shape index (κ3) is 14.8. The molecule has 3 N–H and O–H groups in total. The van der Waals surface area contributed by atoms with Crippen LogP contribution < -0.4 is 20.5 Å². The van der Waals surface area contributed by atoms with E-state index in [2.05, 4.69) is 61.5 Å². The van der Waals surface area contributed by atoms with E-state index in [1.165, 1.54) is 23.1 Å². The van der Waals surface area contributed by atoms with Gasteiger partial charge in [0.05, 0.1) is 13.2 Å². The predicted molar refractivity (Wildman–Crippen MR) is 210 cm³/mol. The van der Waals surface area contributed by atoms with Crippen molar-refractivity contribution in [2.75, 3.05) is 52.5 Å². The van der Waals surface area contributed by atoms with Gasteiger partial charge in [-0.1, -0.05) is 36.4 Å². The molecule has 284 valence electrons. The lowest BCUT2D eigenvalue weighted by Crippen LogP contribution is -2.33. The predicted octanol–water partition coefficient (Wildman–Crippen LogP) is 6.53. The van der Waals surface area contributed by atoms with Crippen LogP contribution in [-0.4, -0.2) is 83.9 Å². The second-order valence-electron chi connectivity index (χ2n) is 15.1. The molecule has 0 radical (unpaired) electrons. The number of carbonyl (C=O) groups excluding carboxylic acids is 1. The first-order chi connectivity index (χ1) is 25.7. The normalized spacial score (nSPS) is 17.5. The fourth-order valence-corrected chi connectivity index (χ4v) is 6.61. The Bertz CT molecular complexity index is 1620. The minimum Gasteiger partial charge on any atom is -0.493 e. The van der Waals surface area contributed by atoms with Crippen LogP contribution in [0.5, 0.6) is 11.5 Å². The van der Waals surface area contributed by atoms with Crippen LogP contribution in [0.25, 0.3) is 0 Å². The van der Waals surface area contributed by atoms with E-state index in [1.807, 2.05) is 82.0 Å². The Morgan fingerprint density at radius 2 is 1.23 bits per heavy atom. The maximum atomic E-state index is 11.7. The fraction of sp³-hybridized carbons (Fsp3) is 0.465. The molecule has 6 rings (SSSR count). The molecule has 2 atom stereocenters. The van der Waals surface area contributed by atoms with E-state index in [0.29, 0.717) is 24.9 Å². The van der Waals surface area contributed by atoms with E-state index in [9.17, 15) is 4.79 Å². The molecule has 0 spiro atoms. The number of aromatic nitrogens is 2. The number of nitrogens with one attached hydrogen (secondary N) is 1. The number of likely N-dealkylation sites (tertiary alicyclic amines) is 2. The minimum atomic E-state index is -0.474. The smallest absolute Gasteiger partial charge is 0.407 e. The summed E-state index contributed by atoms with van der Waals surface area (Å²) in [6.07, 6.45) is 11.2. The van der Waals surface area contributed by atoms with Gasteiger partial charge in [0.2, 0.25) is 0 Å². The lowest BCUT2D eigenvalue weighted by atomic mass is 10.1. The first kappa shape index (κ1) is 39.7. The van der Waals surface area contributed by atoms with E-state index in [4.69, 9.17) is 19.9 Å². The van der Waals surface area contributed by atoms with E-state index in [0.717, 1.165) is 88.8 Å². The number of hydrogen-bond donors (Lipinski definition) is 2. The molecule has 0 bridgehead atoms. The molecule has 2 fully saturated rings. The number of ether oxygens (including phenoxy) is 3. The topological polar surface area (TPSA) is 115 Å². The summed E-state index contributed by atoms with van der Waals surface area (Å²) >= 11 is 0. The van der Waals surface area contributed by atoms with Gasteiger partial charge in [-0.25, -0.2) is 4.79 Å². The van der Waals surface area contributed by atoms with Gasteiger partial charge in [0, 0.05) is 69.3 Å². The van der Waals surface area contributed by atoms with E-state index in [1.54, 1.807) is 0 Å². The Balaban J connectivity index is 0.000000211. The Hall–Kier alpha value is -4.51. The SMILES string of the molecule is CC(C)(C)OC(=O)NCCc1ccc(OC[C@@H]2CCN(Cc3cccnc3)C2)cc1.NCCc1ccc(OC[C@@H]2CCN(Cc3cccnc3)C2)cc1. The van der Waals surface area contributed by atoms with Gasteiger partial charge >= 0.3 is 6.09 Å². The molecule has 2 aliphatic heterocycles. The number of rotatable bonds is 15.